The van der Waals surface area contributed by atoms with Gasteiger partial charge in [0.2, 0.25) is 0 Å². The molecule has 2 rings (SSSR count). The zero-order chi connectivity index (χ0) is 13.8. The van der Waals surface area contributed by atoms with E-state index in [0.717, 1.165) is 18.2 Å². The summed E-state index contributed by atoms with van der Waals surface area (Å²) in [7, 11) is 0. The van der Waals surface area contributed by atoms with Gasteiger partial charge in [-0.1, -0.05) is 13.8 Å². The van der Waals surface area contributed by atoms with Gasteiger partial charge in [0, 0.05) is 5.41 Å². The van der Waals surface area contributed by atoms with Gasteiger partial charge in [-0.3, -0.25) is 0 Å². The van der Waals surface area contributed by atoms with Crippen LogP contribution in [0.1, 0.15) is 31.4 Å². The molecule has 1 aliphatic carbocycles. The number of aliphatic hydroxyl groups is 1. The number of rotatable bonds is 2. The van der Waals surface area contributed by atoms with Crippen LogP contribution in [0.15, 0.2) is 18.2 Å². The average molecular weight is 262 g/mol. The second-order valence-corrected chi connectivity index (χ2v) is 5.49. The summed E-state index contributed by atoms with van der Waals surface area (Å²) in [5.41, 5.74) is -2.19. The summed E-state index contributed by atoms with van der Waals surface area (Å²) < 4.78 is 51.6. The van der Waals surface area contributed by atoms with Crippen LogP contribution in [0.25, 0.3) is 0 Å². The van der Waals surface area contributed by atoms with Crippen molar-refractivity contribution in [1.82, 2.24) is 0 Å². The molecule has 1 nitrogen and oxygen atoms in total. The maximum Gasteiger partial charge on any atom is 0.416 e. The second-order valence-electron chi connectivity index (χ2n) is 5.49. The fourth-order valence-corrected chi connectivity index (χ4v) is 2.59. The summed E-state index contributed by atoms with van der Waals surface area (Å²) in [6.07, 6.45) is -4.02. The van der Waals surface area contributed by atoms with Gasteiger partial charge in [0.15, 0.2) is 0 Å². The molecule has 0 heterocycles. The fourth-order valence-electron chi connectivity index (χ4n) is 2.59. The van der Waals surface area contributed by atoms with Crippen molar-refractivity contribution >= 4 is 0 Å². The van der Waals surface area contributed by atoms with Gasteiger partial charge >= 0.3 is 6.18 Å². The van der Waals surface area contributed by atoms with E-state index in [9.17, 15) is 22.7 Å². The minimum absolute atomic E-state index is 0.0372. The van der Waals surface area contributed by atoms with Crippen LogP contribution in [0.3, 0.4) is 0 Å². The second kappa shape index (κ2) is 3.70. The van der Waals surface area contributed by atoms with E-state index in [1.165, 1.54) is 0 Å². The smallest absolute Gasteiger partial charge is 0.395 e. The molecule has 5 heteroatoms. The Morgan fingerprint density at radius 2 is 1.83 bits per heavy atom. The van der Waals surface area contributed by atoms with Gasteiger partial charge < -0.3 is 5.11 Å². The van der Waals surface area contributed by atoms with E-state index in [-0.39, 0.29) is 17.6 Å². The van der Waals surface area contributed by atoms with Crippen molar-refractivity contribution in [3.8, 4) is 0 Å². The number of aliphatic hydroxyl groups excluding tert-OH is 1. The number of alkyl halides is 3. The molecule has 1 unspecified atom stereocenters. The number of benzene rings is 1. The summed E-state index contributed by atoms with van der Waals surface area (Å²) in [6.45, 7) is 3.27. The summed E-state index contributed by atoms with van der Waals surface area (Å²) in [5.74, 6) is -0.692. The minimum atomic E-state index is -4.50. The maximum atomic E-state index is 13.7. The number of halogens is 4. The molecule has 18 heavy (non-hydrogen) atoms. The minimum Gasteiger partial charge on any atom is -0.395 e. The lowest BCUT2D eigenvalue weighted by molar-refractivity contribution is -0.137. The Labute approximate surface area is 102 Å². The van der Waals surface area contributed by atoms with Crippen molar-refractivity contribution in [2.75, 3.05) is 6.61 Å². The lowest BCUT2D eigenvalue weighted by atomic mass is 9.87. The highest BCUT2D eigenvalue weighted by molar-refractivity contribution is 5.41. The molecule has 100 valence electrons. The van der Waals surface area contributed by atoms with Crippen molar-refractivity contribution in [1.29, 1.82) is 0 Å². The third kappa shape index (κ3) is 1.81. The van der Waals surface area contributed by atoms with Gasteiger partial charge in [-0.15, -0.1) is 0 Å². The van der Waals surface area contributed by atoms with Gasteiger partial charge in [-0.05, 0) is 35.6 Å². The van der Waals surface area contributed by atoms with Gasteiger partial charge in [0.1, 0.15) is 5.82 Å². The van der Waals surface area contributed by atoms with E-state index in [1.807, 2.05) is 13.8 Å². The Morgan fingerprint density at radius 3 is 2.22 bits per heavy atom. The maximum absolute atomic E-state index is 13.7. The first-order valence-corrected chi connectivity index (χ1v) is 5.62. The summed E-state index contributed by atoms with van der Waals surface area (Å²) in [6, 6.07) is 2.36. The Bertz CT molecular complexity index is 478. The van der Waals surface area contributed by atoms with E-state index in [2.05, 4.69) is 0 Å². The molecular formula is C13H14F4O. The number of hydrogen-bond donors (Lipinski definition) is 1. The molecule has 0 aromatic heterocycles. The highest BCUT2D eigenvalue weighted by Gasteiger charge is 2.62. The van der Waals surface area contributed by atoms with Crippen LogP contribution in [0.5, 0.6) is 0 Å². The zero-order valence-electron chi connectivity index (χ0n) is 10.1. The van der Waals surface area contributed by atoms with Crippen LogP contribution in [0, 0.1) is 11.2 Å². The van der Waals surface area contributed by atoms with Crippen LogP contribution in [0.2, 0.25) is 0 Å². The molecular weight excluding hydrogens is 248 g/mol. The zero-order valence-corrected chi connectivity index (χ0v) is 10.1. The van der Waals surface area contributed by atoms with E-state index < -0.39 is 23.0 Å². The monoisotopic (exact) mass is 262 g/mol. The third-order valence-corrected chi connectivity index (χ3v) is 3.99. The molecule has 1 aliphatic rings. The molecule has 1 atom stereocenters. The highest BCUT2D eigenvalue weighted by atomic mass is 19.4. The molecule has 0 aliphatic heterocycles. The van der Waals surface area contributed by atoms with Crippen LogP contribution in [-0.2, 0) is 11.6 Å². The third-order valence-electron chi connectivity index (χ3n) is 3.99. The SMILES string of the molecule is CC1(C)CC1(CO)c1cc(C(F)(F)F)ccc1F. The van der Waals surface area contributed by atoms with E-state index in [4.69, 9.17) is 0 Å². The van der Waals surface area contributed by atoms with Gasteiger partial charge in [-0.2, -0.15) is 13.2 Å². The molecule has 0 amide bonds. The normalized spacial score (nSPS) is 26.2. The van der Waals surface area contributed by atoms with Crippen molar-refractivity contribution in [3.05, 3.63) is 35.1 Å². The Kier molecular flexibility index (Phi) is 2.74. The summed E-state index contributed by atoms with van der Waals surface area (Å²) >= 11 is 0. The molecule has 0 saturated heterocycles. The van der Waals surface area contributed by atoms with Crippen LogP contribution < -0.4 is 0 Å². The standard InChI is InChI=1S/C13H14F4O/c1-11(2)6-12(11,7-18)9-5-8(13(15,16)17)3-4-10(9)14/h3-5,18H,6-7H2,1-2H3. The van der Waals surface area contributed by atoms with Crippen LogP contribution in [0.4, 0.5) is 17.6 Å². The molecule has 0 spiro atoms. The van der Waals surface area contributed by atoms with Gasteiger partial charge in [0.25, 0.3) is 0 Å². The van der Waals surface area contributed by atoms with Crippen molar-refractivity contribution in [2.45, 2.75) is 31.9 Å². The summed E-state index contributed by atoms with van der Waals surface area (Å²) in [5, 5.41) is 9.42. The van der Waals surface area contributed by atoms with Crippen molar-refractivity contribution < 1.29 is 22.7 Å². The first-order valence-electron chi connectivity index (χ1n) is 5.62. The molecule has 1 saturated carbocycles. The average Bonchev–Trinajstić information content (AvgIpc) is 2.81. The fraction of sp³-hybridized carbons (Fsp3) is 0.538. The first-order chi connectivity index (χ1) is 8.14. The predicted octanol–water partition coefficient (Wildman–Crippen LogP) is 3.50. The quantitative estimate of drug-likeness (QED) is 0.809. The van der Waals surface area contributed by atoms with Gasteiger partial charge in [-0.25, -0.2) is 4.39 Å². The topological polar surface area (TPSA) is 20.2 Å². The van der Waals surface area contributed by atoms with Crippen molar-refractivity contribution in [3.63, 3.8) is 0 Å². The van der Waals surface area contributed by atoms with E-state index in [0.29, 0.717) is 6.42 Å². The molecule has 1 N–H and O–H groups in total. The van der Waals surface area contributed by atoms with Crippen LogP contribution >= 0.6 is 0 Å². The largest absolute Gasteiger partial charge is 0.416 e. The number of hydrogen-bond acceptors (Lipinski definition) is 1. The Hall–Kier alpha value is -1.10. The van der Waals surface area contributed by atoms with Crippen LogP contribution in [-0.4, -0.2) is 11.7 Å². The highest BCUT2D eigenvalue weighted by Crippen LogP contribution is 2.64. The Balaban J connectivity index is 2.52. The lowest BCUT2D eigenvalue weighted by Gasteiger charge is -2.20. The molecule has 0 bridgehead atoms. The Morgan fingerprint density at radius 1 is 1.28 bits per heavy atom. The van der Waals surface area contributed by atoms with Gasteiger partial charge in [0.05, 0.1) is 12.2 Å². The lowest BCUT2D eigenvalue weighted by Crippen LogP contribution is -2.22. The molecule has 0 radical (unpaired) electrons. The molecule has 1 fully saturated rings. The predicted molar refractivity (Wildman–Crippen MR) is 58.6 cm³/mol. The van der Waals surface area contributed by atoms with Crippen molar-refractivity contribution in [2.24, 2.45) is 5.41 Å². The van der Waals surface area contributed by atoms with E-state index in [1.54, 1.807) is 0 Å². The molecule has 1 aromatic carbocycles. The van der Waals surface area contributed by atoms with E-state index >= 15 is 0 Å². The first kappa shape index (κ1) is 13.3. The molecule has 1 aromatic rings. The summed E-state index contributed by atoms with van der Waals surface area (Å²) in [4.78, 5) is 0.